The molecule has 0 aliphatic carbocycles. The van der Waals surface area contributed by atoms with Crippen molar-refractivity contribution >= 4 is 39.4 Å². The van der Waals surface area contributed by atoms with Crippen molar-refractivity contribution in [1.82, 2.24) is 15.3 Å². The van der Waals surface area contributed by atoms with Gasteiger partial charge in [-0.1, -0.05) is 41.9 Å². The summed E-state index contributed by atoms with van der Waals surface area (Å²) in [6, 6.07) is 21.7. The van der Waals surface area contributed by atoms with Crippen LogP contribution in [0.2, 0.25) is 5.02 Å². The van der Waals surface area contributed by atoms with E-state index in [1.54, 1.807) is 24.3 Å². The number of aliphatic carboxylic acids is 1. The first-order valence-electron chi connectivity index (χ1n) is 15.2. The van der Waals surface area contributed by atoms with Gasteiger partial charge in [0.15, 0.2) is 17.2 Å². The van der Waals surface area contributed by atoms with Crippen LogP contribution in [-0.4, -0.2) is 52.0 Å². The Morgan fingerprint density at radius 1 is 0.959 bits per heavy atom. The average molecular weight is 682 g/mol. The molecule has 13 heteroatoms. The summed E-state index contributed by atoms with van der Waals surface area (Å²) >= 11 is 6.72. The van der Waals surface area contributed by atoms with Crippen LogP contribution in [0.5, 0.6) is 28.9 Å². The minimum absolute atomic E-state index is 0.00872. The molecule has 0 radical (unpaired) electrons. The molecule has 4 aromatic carbocycles. The molecule has 0 fully saturated rings. The molecule has 0 saturated carbocycles. The van der Waals surface area contributed by atoms with Crippen molar-refractivity contribution in [3.8, 4) is 40.0 Å². The molecule has 1 aliphatic rings. The molecule has 0 unspecified atom stereocenters. The number of carboxylic acid groups (broad SMARTS) is 1. The van der Waals surface area contributed by atoms with E-state index in [1.807, 2.05) is 48.5 Å². The van der Waals surface area contributed by atoms with Gasteiger partial charge in [0, 0.05) is 35.2 Å². The Kier molecular flexibility index (Phi) is 8.99. The summed E-state index contributed by atoms with van der Waals surface area (Å²) in [5, 5.41) is 23.3. The van der Waals surface area contributed by atoms with Crippen molar-refractivity contribution < 1.29 is 38.4 Å². The fraction of sp³-hybridized carbons (Fsp3) is 0.167. The smallest absolute Gasteiger partial charge is 0.336 e. The number of carboxylic acids is 1. The topological polar surface area (TPSA) is 162 Å². The van der Waals surface area contributed by atoms with E-state index < -0.39 is 24.2 Å². The van der Waals surface area contributed by atoms with E-state index in [-0.39, 0.29) is 29.8 Å². The minimum Gasteiger partial charge on any atom is -0.488 e. The van der Waals surface area contributed by atoms with E-state index >= 15 is 0 Å². The van der Waals surface area contributed by atoms with Crippen LogP contribution < -0.4 is 29.9 Å². The number of nitrogens with one attached hydrogen (secondary N) is 1. The second kappa shape index (κ2) is 13.8. The molecule has 248 valence electrons. The first kappa shape index (κ1) is 31.9. The van der Waals surface area contributed by atoms with E-state index in [0.717, 1.165) is 16.5 Å². The largest absolute Gasteiger partial charge is 0.488 e. The van der Waals surface area contributed by atoms with Crippen LogP contribution in [-0.2, 0) is 17.9 Å². The summed E-state index contributed by atoms with van der Waals surface area (Å²) in [6.45, 7) is 0.429. The highest BCUT2D eigenvalue weighted by Gasteiger charge is 2.20. The molecule has 0 bridgehead atoms. The molecule has 2 aromatic heterocycles. The molecular formula is C36H28ClN3O9. The molecule has 0 spiro atoms. The fourth-order valence-corrected chi connectivity index (χ4v) is 5.66. The van der Waals surface area contributed by atoms with Crippen molar-refractivity contribution in [2.45, 2.75) is 19.2 Å². The molecule has 1 atom stereocenters. The number of para-hydroxylation sites is 1. The minimum atomic E-state index is -1.21. The number of fused-ring (bicyclic) bond motifs is 3. The van der Waals surface area contributed by atoms with Crippen molar-refractivity contribution in [2.75, 3.05) is 19.8 Å². The molecular weight excluding hydrogens is 654 g/mol. The van der Waals surface area contributed by atoms with E-state index in [1.165, 1.54) is 12.4 Å². The number of carbonyl (C=O) groups is 1. The highest BCUT2D eigenvalue weighted by atomic mass is 35.5. The third-order valence-corrected chi connectivity index (χ3v) is 8.20. The number of nitrogens with zero attached hydrogens (tertiary/aromatic N) is 2. The molecule has 12 nitrogen and oxygen atoms in total. The van der Waals surface area contributed by atoms with Crippen LogP contribution in [0.25, 0.3) is 33.0 Å². The van der Waals surface area contributed by atoms with Gasteiger partial charge in [-0.3, -0.25) is 10.1 Å². The summed E-state index contributed by atoms with van der Waals surface area (Å²) < 4.78 is 29.3. The average Bonchev–Trinajstić information content (AvgIpc) is 3.11. The van der Waals surface area contributed by atoms with Crippen molar-refractivity contribution in [2.24, 2.45) is 0 Å². The van der Waals surface area contributed by atoms with E-state index in [4.69, 9.17) is 35.0 Å². The SMILES string of the molecule is O=C(O)[C@@H](CO)NCc1cc(Cl)c(Oc2ncnc3c(-c4ccc5c(c4)OCCO5)cccc23)cc1OCc1ccc2ccc(=O)oc2c1. The summed E-state index contributed by atoms with van der Waals surface area (Å²) in [5.74, 6) is 0.939. The maximum absolute atomic E-state index is 11.8. The van der Waals surface area contributed by atoms with Crippen LogP contribution in [0.3, 0.4) is 0 Å². The lowest BCUT2D eigenvalue weighted by molar-refractivity contribution is -0.140. The van der Waals surface area contributed by atoms with Crippen molar-refractivity contribution in [1.29, 1.82) is 0 Å². The first-order chi connectivity index (χ1) is 23.9. The van der Waals surface area contributed by atoms with Gasteiger partial charge in [-0.05, 0) is 47.5 Å². The van der Waals surface area contributed by atoms with Crippen molar-refractivity contribution in [3.63, 3.8) is 0 Å². The van der Waals surface area contributed by atoms with Crippen LogP contribution in [0.15, 0.2) is 94.4 Å². The summed E-state index contributed by atoms with van der Waals surface area (Å²) in [4.78, 5) is 32.2. The molecule has 49 heavy (non-hydrogen) atoms. The molecule has 6 aromatic rings. The predicted octanol–water partition coefficient (Wildman–Crippen LogP) is 5.73. The van der Waals surface area contributed by atoms with Gasteiger partial charge in [0.2, 0.25) is 5.88 Å². The number of hydrogen-bond acceptors (Lipinski definition) is 11. The maximum atomic E-state index is 11.8. The Bertz CT molecular complexity index is 2260. The van der Waals surface area contributed by atoms with E-state index in [9.17, 15) is 19.8 Å². The Balaban J connectivity index is 1.21. The van der Waals surface area contributed by atoms with Gasteiger partial charge in [-0.2, -0.15) is 0 Å². The van der Waals surface area contributed by atoms with E-state index in [0.29, 0.717) is 58.1 Å². The van der Waals surface area contributed by atoms with Crippen LogP contribution in [0.1, 0.15) is 11.1 Å². The molecule has 1 aliphatic heterocycles. The second-order valence-electron chi connectivity index (χ2n) is 11.1. The number of rotatable bonds is 11. The van der Waals surface area contributed by atoms with Crippen LogP contribution in [0, 0.1) is 0 Å². The quantitative estimate of drug-likeness (QED) is 0.143. The lowest BCUT2D eigenvalue weighted by atomic mass is 10.0. The summed E-state index contributed by atoms with van der Waals surface area (Å²) in [5.41, 5.74) is 3.52. The highest BCUT2D eigenvalue weighted by molar-refractivity contribution is 6.32. The zero-order chi connectivity index (χ0) is 33.9. The van der Waals surface area contributed by atoms with Gasteiger partial charge in [0.1, 0.15) is 43.5 Å². The molecule has 3 N–H and O–H groups in total. The third-order valence-electron chi connectivity index (χ3n) is 7.90. The Hall–Kier alpha value is -5.69. The zero-order valence-electron chi connectivity index (χ0n) is 25.7. The van der Waals surface area contributed by atoms with Gasteiger partial charge >= 0.3 is 11.6 Å². The predicted molar refractivity (Wildman–Crippen MR) is 180 cm³/mol. The lowest BCUT2D eigenvalue weighted by Crippen LogP contribution is -2.39. The molecule has 0 amide bonds. The van der Waals surface area contributed by atoms with Gasteiger partial charge < -0.3 is 33.6 Å². The molecule has 7 rings (SSSR count). The zero-order valence-corrected chi connectivity index (χ0v) is 26.5. The number of aliphatic hydroxyl groups excluding tert-OH is 1. The highest BCUT2D eigenvalue weighted by Crippen LogP contribution is 2.40. The first-order valence-corrected chi connectivity index (χ1v) is 15.6. The Morgan fingerprint density at radius 2 is 1.80 bits per heavy atom. The lowest BCUT2D eigenvalue weighted by Gasteiger charge is -2.19. The second-order valence-corrected chi connectivity index (χ2v) is 11.5. The number of halogens is 1. The van der Waals surface area contributed by atoms with Gasteiger partial charge in [-0.25, -0.2) is 14.8 Å². The van der Waals surface area contributed by atoms with Gasteiger partial charge in [0.05, 0.1) is 22.5 Å². The summed E-state index contributed by atoms with van der Waals surface area (Å²) in [6.07, 6.45) is 1.40. The van der Waals surface area contributed by atoms with Gasteiger partial charge in [0.25, 0.3) is 0 Å². The number of aromatic nitrogens is 2. The molecule has 0 saturated heterocycles. The number of ether oxygens (including phenoxy) is 4. The number of hydrogen-bond donors (Lipinski definition) is 3. The Labute approximate surface area is 283 Å². The normalized spacial score (nSPS) is 12.9. The van der Waals surface area contributed by atoms with Crippen molar-refractivity contribution in [3.05, 3.63) is 112 Å². The maximum Gasteiger partial charge on any atom is 0.336 e. The standard InChI is InChI=1S/C36H28ClN3O9/c37-26-13-23(16-38-27(17-41)36(43)44)29(47-18-20-4-5-21-7-9-33(42)48-30(21)12-20)15-31(26)49-35-25-3-1-2-24(34(25)39-19-40-35)22-6-8-28-32(14-22)46-11-10-45-28/h1-9,12-15,19,27,38,41H,10-11,16-18H2,(H,43,44)/t27-/m1/s1. The summed E-state index contributed by atoms with van der Waals surface area (Å²) in [7, 11) is 0. The number of aliphatic hydroxyl groups is 1. The van der Waals surface area contributed by atoms with E-state index in [2.05, 4.69) is 15.3 Å². The number of benzene rings is 4. The molecule has 3 heterocycles. The fourth-order valence-electron chi connectivity index (χ4n) is 5.44. The Morgan fingerprint density at radius 3 is 2.63 bits per heavy atom. The van der Waals surface area contributed by atoms with Gasteiger partial charge in [-0.15, -0.1) is 0 Å². The third kappa shape index (κ3) is 6.83. The van der Waals surface area contributed by atoms with Crippen LogP contribution >= 0.6 is 11.6 Å². The van der Waals surface area contributed by atoms with Crippen LogP contribution in [0.4, 0.5) is 0 Å². The monoisotopic (exact) mass is 681 g/mol.